The summed E-state index contributed by atoms with van der Waals surface area (Å²) in [5.74, 6) is 0.798. The number of amides is 1. The van der Waals surface area contributed by atoms with Crippen LogP contribution in [0.1, 0.15) is 23.1 Å². The highest BCUT2D eigenvalue weighted by Crippen LogP contribution is 2.51. The van der Waals surface area contributed by atoms with Crippen molar-refractivity contribution < 1.29 is 9.53 Å². The summed E-state index contributed by atoms with van der Waals surface area (Å²) in [6.45, 7) is 0.747. The van der Waals surface area contributed by atoms with E-state index in [1.807, 2.05) is 53.4 Å². The Morgan fingerprint density at radius 2 is 1.52 bits per heavy atom. The quantitative estimate of drug-likeness (QED) is 0.660. The molecule has 134 valence electrons. The second kappa shape index (κ2) is 6.27. The Hall–Kier alpha value is -3.07. The Bertz CT molecular complexity index is 970. The molecule has 2 atom stereocenters. The number of aryl methyl sites for hydroxylation is 1. The lowest BCUT2D eigenvalue weighted by atomic mass is 9.69. The van der Waals surface area contributed by atoms with E-state index < -0.39 is 11.6 Å². The highest BCUT2D eigenvalue weighted by atomic mass is 16.5. The molecule has 0 saturated carbocycles. The lowest BCUT2D eigenvalue weighted by Crippen LogP contribution is -2.74. The summed E-state index contributed by atoms with van der Waals surface area (Å²) in [6, 6.07) is 28.5. The maximum absolute atomic E-state index is 13.1. The van der Waals surface area contributed by atoms with Gasteiger partial charge in [-0.15, -0.1) is 0 Å². The molecule has 3 nitrogen and oxygen atoms in total. The molecule has 0 unspecified atom stereocenters. The minimum absolute atomic E-state index is 0.0689. The largest absolute Gasteiger partial charge is 0.477 e. The first-order valence-corrected chi connectivity index (χ1v) is 9.49. The van der Waals surface area contributed by atoms with E-state index in [1.54, 1.807) is 0 Å². The molecule has 0 aromatic heterocycles. The number of rotatable bonds is 3. The summed E-state index contributed by atoms with van der Waals surface area (Å²) in [4.78, 5) is 15.2. The lowest BCUT2D eigenvalue weighted by molar-refractivity contribution is -0.176. The molecule has 2 aliphatic heterocycles. The third kappa shape index (κ3) is 2.31. The van der Waals surface area contributed by atoms with Crippen LogP contribution in [0.15, 0.2) is 84.9 Å². The fraction of sp³-hybridized carbons (Fsp3) is 0.208. The number of para-hydroxylation sites is 1. The molecule has 0 spiro atoms. The lowest BCUT2D eigenvalue weighted by Gasteiger charge is -2.57. The SMILES string of the molecule is O=C1[C@@H](Oc2ccccc2)[C@]2(c3ccccc3)c3ccccc3CCCN12. The summed E-state index contributed by atoms with van der Waals surface area (Å²) < 4.78 is 6.31. The summed E-state index contributed by atoms with van der Waals surface area (Å²) in [7, 11) is 0. The summed E-state index contributed by atoms with van der Waals surface area (Å²) in [5, 5.41) is 0. The van der Waals surface area contributed by atoms with Crippen molar-refractivity contribution in [3.05, 3.63) is 102 Å². The van der Waals surface area contributed by atoms with Crippen LogP contribution in [0.4, 0.5) is 0 Å². The zero-order chi connectivity index (χ0) is 18.3. The van der Waals surface area contributed by atoms with E-state index in [2.05, 4.69) is 36.4 Å². The Kier molecular flexibility index (Phi) is 3.75. The van der Waals surface area contributed by atoms with Crippen LogP contribution >= 0.6 is 0 Å². The Morgan fingerprint density at radius 3 is 2.30 bits per heavy atom. The molecule has 2 aliphatic rings. The molecule has 0 aliphatic carbocycles. The van der Waals surface area contributed by atoms with Gasteiger partial charge in [-0.3, -0.25) is 4.79 Å². The second-order valence-electron chi connectivity index (χ2n) is 7.19. The molecule has 27 heavy (non-hydrogen) atoms. The van der Waals surface area contributed by atoms with Gasteiger partial charge in [-0.05, 0) is 41.7 Å². The number of β-lactam (4-membered cyclic amide) rings is 1. The number of fused-ring (bicyclic) bond motifs is 3. The maximum atomic E-state index is 13.1. The number of carbonyl (C=O) groups is 1. The zero-order valence-corrected chi connectivity index (χ0v) is 15.0. The van der Waals surface area contributed by atoms with Crippen molar-refractivity contribution >= 4 is 5.91 Å². The molecular formula is C24H21NO2. The van der Waals surface area contributed by atoms with Gasteiger partial charge in [0.05, 0.1) is 0 Å². The van der Waals surface area contributed by atoms with Crippen LogP contribution in [0.3, 0.4) is 0 Å². The van der Waals surface area contributed by atoms with Crippen molar-refractivity contribution in [2.24, 2.45) is 0 Å². The number of hydrogen-bond acceptors (Lipinski definition) is 2. The summed E-state index contributed by atoms with van der Waals surface area (Å²) >= 11 is 0. The van der Waals surface area contributed by atoms with Crippen LogP contribution in [0.25, 0.3) is 0 Å². The van der Waals surface area contributed by atoms with Crippen LogP contribution in [-0.4, -0.2) is 23.5 Å². The van der Waals surface area contributed by atoms with Crippen LogP contribution in [-0.2, 0) is 16.8 Å². The van der Waals surface area contributed by atoms with Crippen molar-refractivity contribution in [2.45, 2.75) is 24.5 Å². The van der Waals surface area contributed by atoms with Gasteiger partial charge in [0.15, 0.2) is 0 Å². The predicted octanol–water partition coefficient (Wildman–Crippen LogP) is 4.17. The molecule has 0 bridgehead atoms. The van der Waals surface area contributed by atoms with Gasteiger partial charge >= 0.3 is 0 Å². The van der Waals surface area contributed by atoms with Crippen molar-refractivity contribution in [1.29, 1.82) is 0 Å². The van der Waals surface area contributed by atoms with Crippen LogP contribution in [0, 0.1) is 0 Å². The number of benzene rings is 3. The molecule has 2 heterocycles. The van der Waals surface area contributed by atoms with E-state index in [4.69, 9.17) is 4.74 Å². The number of hydrogen-bond donors (Lipinski definition) is 0. The van der Waals surface area contributed by atoms with Crippen molar-refractivity contribution in [2.75, 3.05) is 6.54 Å². The number of ether oxygens (including phenoxy) is 1. The van der Waals surface area contributed by atoms with E-state index in [1.165, 1.54) is 11.1 Å². The number of nitrogens with zero attached hydrogens (tertiary/aromatic N) is 1. The first-order valence-electron chi connectivity index (χ1n) is 9.49. The molecule has 3 heteroatoms. The molecule has 3 aromatic carbocycles. The normalized spacial score (nSPS) is 23.6. The third-order valence-corrected chi connectivity index (χ3v) is 5.76. The van der Waals surface area contributed by atoms with Gasteiger partial charge in [-0.2, -0.15) is 0 Å². The molecule has 0 N–H and O–H groups in total. The average molecular weight is 355 g/mol. The first kappa shape index (κ1) is 16.1. The molecule has 3 aromatic rings. The predicted molar refractivity (Wildman–Crippen MR) is 105 cm³/mol. The highest BCUT2D eigenvalue weighted by molar-refractivity contribution is 5.93. The van der Waals surface area contributed by atoms with Crippen molar-refractivity contribution in [3.63, 3.8) is 0 Å². The van der Waals surface area contributed by atoms with Crippen molar-refractivity contribution in [3.8, 4) is 5.75 Å². The molecule has 1 amide bonds. The minimum atomic E-state index is -0.568. The Morgan fingerprint density at radius 1 is 0.852 bits per heavy atom. The topological polar surface area (TPSA) is 29.5 Å². The summed E-state index contributed by atoms with van der Waals surface area (Å²) in [5.41, 5.74) is 3.04. The Balaban J connectivity index is 1.71. The third-order valence-electron chi connectivity index (χ3n) is 5.76. The van der Waals surface area contributed by atoms with Crippen LogP contribution in [0.5, 0.6) is 5.75 Å². The molecule has 1 fully saturated rings. The summed E-state index contributed by atoms with van der Waals surface area (Å²) in [6.07, 6.45) is 1.39. The highest BCUT2D eigenvalue weighted by Gasteiger charge is 2.64. The van der Waals surface area contributed by atoms with Gasteiger partial charge in [0.25, 0.3) is 5.91 Å². The fourth-order valence-electron chi connectivity index (χ4n) is 4.61. The fourth-order valence-corrected chi connectivity index (χ4v) is 4.61. The second-order valence-corrected chi connectivity index (χ2v) is 7.19. The smallest absolute Gasteiger partial charge is 0.268 e. The standard InChI is InChI=1S/C24H21NO2/c26-23-22(27-20-14-5-2-6-15-20)24(19-12-3-1-4-13-19)21-16-8-7-10-18(21)11-9-17-25(23)24/h1-8,10,12-16,22H,9,11,17H2/t22-,24+/m1/s1. The van der Waals surface area contributed by atoms with Gasteiger partial charge in [0.1, 0.15) is 11.3 Å². The average Bonchev–Trinajstić information content (AvgIpc) is 2.89. The maximum Gasteiger partial charge on any atom is 0.268 e. The van der Waals surface area contributed by atoms with Crippen LogP contribution < -0.4 is 4.74 Å². The molecule has 1 saturated heterocycles. The molecular weight excluding hydrogens is 334 g/mol. The molecule has 5 rings (SSSR count). The Labute approximate surface area is 159 Å². The molecule has 0 radical (unpaired) electrons. The zero-order valence-electron chi connectivity index (χ0n) is 15.0. The van der Waals surface area contributed by atoms with Gasteiger partial charge in [0.2, 0.25) is 6.10 Å². The minimum Gasteiger partial charge on any atom is -0.477 e. The van der Waals surface area contributed by atoms with Gasteiger partial charge < -0.3 is 9.64 Å². The van der Waals surface area contributed by atoms with E-state index in [0.717, 1.165) is 30.7 Å². The van der Waals surface area contributed by atoms with E-state index in [9.17, 15) is 4.79 Å². The van der Waals surface area contributed by atoms with E-state index >= 15 is 0 Å². The van der Waals surface area contributed by atoms with E-state index in [-0.39, 0.29) is 5.91 Å². The monoisotopic (exact) mass is 355 g/mol. The van der Waals surface area contributed by atoms with E-state index in [0.29, 0.717) is 0 Å². The number of carbonyl (C=O) groups excluding carboxylic acids is 1. The van der Waals surface area contributed by atoms with Gasteiger partial charge in [0, 0.05) is 6.54 Å². The van der Waals surface area contributed by atoms with Crippen LogP contribution in [0.2, 0.25) is 0 Å². The first-order chi connectivity index (χ1) is 13.3. The van der Waals surface area contributed by atoms with Gasteiger partial charge in [-0.25, -0.2) is 0 Å². The van der Waals surface area contributed by atoms with Crippen molar-refractivity contribution in [1.82, 2.24) is 4.90 Å². The van der Waals surface area contributed by atoms with Gasteiger partial charge in [-0.1, -0.05) is 72.8 Å².